The summed E-state index contributed by atoms with van der Waals surface area (Å²) in [6, 6.07) is 4.04. The van der Waals surface area contributed by atoms with Gasteiger partial charge in [0.25, 0.3) is 0 Å². The summed E-state index contributed by atoms with van der Waals surface area (Å²) in [5.74, 6) is 2.00. The van der Waals surface area contributed by atoms with Crippen LogP contribution >= 0.6 is 0 Å². The third kappa shape index (κ3) is 3.54. The van der Waals surface area contributed by atoms with E-state index in [1.54, 1.807) is 0 Å². The average molecular weight is 195 g/mol. The average Bonchev–Trinajstić information content (AvgIpc) is 2.48. The summed E-state index contributed by atoms with van der Waals surface area (Å²) in [6.45, 7) is 9.46. The van der Waals surface area contributed by atoms with E-state index >= 15 is 0 Å². The third-order valence-corrected chi connectivity index (χ3v) is 2.41. The minimum absolute atomic E-state index is 0.204. The lowest BCUT2D eigenvalue weighted by molar-refractivity contribution is 0.335. The Bertz CT molecular complexity index is 276. The van der Waals surface area contributed by atoms with Gasteiger partial charge in [0.05, 0.1) is 6.54 Å². The van der Waals surface area contributed by atoms with Crippen LogP contribution < -0.4 is 5.32 Å². The van der Waals surface area contributed by atoms with E-state index in [-0.39, 0.29) is 5.54 Å². The predicted molar refractivity (Wildman–Crippen MR) is 59.3 cm³/mol. The first-order valence-corrected chi connectivity index (χ1v) is 5.34. The fraction of sp³-hybridized carbons (Fsp3) is 0.667. The molecule has 0 aliphatic carbocycles. The Morgan fingerprint density at radius 1 is 1.36 bits per heavy atom. The molecule has 0 bridgehead atoms. The van der Waals surface area contributed by atoms with E-state index in [9.17, 15) is 0 Å². The molecule has 0 unspecified atom stereocenters. The number of hydrogen-bond donors (Lipinski definition) is 1. The van der Waals surface area contributed by atoms with Gasteiger partial charge in [0.15, 0.2) is 0 Å². The second-order valence-corrected chi connectivity index (χ2v) is 4.50. The van der Waals surface area contributed by atoms with Crippen LogP contribution in [-0.2, 0) is 6.54 Å². The van der Waals surface area contributed by atoms with Crippen LogP contribution in [0.5, 0.6) is 0 Å². The molecule has 0 spiro atoms. The Morgan fingerprint density at radius 2 is 2.07 bits per heavy atom. The highest BCUT2D eigenvalue weighted by atomic mass is 16.3. The number of rotatable bonds is 5. The Kier molecular flexibility index (Phi) is 3.76. The fourth-order valence-corrected chi connectivity index (χ4v) is 1.62. The molecule has 0 aliphatic heterocycles. The van der Waals surface area contributed by atoms with Gasteiger partial charge in [-0.1, -0.05) is 13.3 Å². The molecule has 0 aromatic carbocycles. The standard InChI is InChI=1S/C12H21NO/c1-5-8-12(3,4)13-9-11-7-6-10(2)14-11/h6-7,13H,5,8-9H2,1-4H3. The van der Waals surface area contributed by atoms with Crippen molar-refractivity contribution in [3.8, 4) is 0 Å². The Balaban J connectivity index is 2.40. The predicted octanol–water partition coefficient (Wildman–Crippen LogP) is 3.26. The summed E-state index contributed by atoms with van der Waals surface area (Å²) in [5, 5.41) is 3.50. The summed E-state index contributed by atoms with van der Waals surface area (Å²) >= 11 is 0. The Hall–Kier alpha value is -0.760. The number of nitrogens with one attached hydrogen (secondary N) is 1. The quantitative estimate of drug-likeness (QED) is 0.780. The minimum atomic E-state index is 0.204. The van der Waals surface area contributed by atoms with Crippen molar-refractivity contribution < 1.29 is 4.42 Å². The lowest BCUT2D eigenvalue weighted by atomic mass is 9.99. The van der Waals surface area contributed by atoms with Crippen LogP contribution in [0, 0.1) is 6.92 Å². The van der Waals surface area contributed by atoms with Gasteiger partial charge in [-0.25, -0.2) is 0 Å². The zero-order valence-electron chi connectivity index (χ0n) is 9.68. The molecular weight excluding hydrogens is 174 g/mol. The Labute approximate surface area is 86.7 Å². The molecule has 1 N–H and O–H groups in total. The smallest absolute Gasteiger partial charge is 0.117 e. The van der Waals surface area contributed by atoms with Gasteiger partial charge < -0.3 is 9.73 Å². The van der Waals surface area contributed by atoms with Gasteiger partial charge in [0.1, 0.15) is 11.5 Å². The van der Waals surface area contributed by atoms with Crippen LogP contribution in [0.15, 0.2) is 16.5 Å². The van der Waals surface area contributed by atoms with Crippen LogP contribution in [0.4, 0.5) is 0 Å². The van der Waals surface area contributed by atoms with Crippen molar-refractivity contribution in [1.82, 2.24) is 5.32 Å². The molecule has 1 aromatic heterocycles. The van der Waals surface area contributed by atoms with Gasteiger partial charge in [0.2, 0.25) is 0 Å². The van der Waals surface area contributed by atoms with Crippen molar-refractivity contribution >= 4 is 0 Å². The van der Waals surface area contributed by atoms with E-state index in [2.05, 4.69) is 26.1 Å². The van der Waals surface area contributed by atoms with E-state index in [1.165, 1.54) is 12.8 Å². The largest absolute Gasteiger partial charge is 0.465 e. The molecule has 0 fully saturated rings. The van der Waals surface area contributed by atoms with Crippen LogP contribution in [0.25, 0.3) is 0 Å². The van der Waals surface area contributed by atoms with Crippen molar-refractivity contribution in [2.45, 2.75) is 52.6 Å². The monoisotopic (exact) mass is 195 g/mol. The van der Waals surface area contributed by atoms with E-state index < -0.39 is 0 Å². The van der Waals surface area contributed by atoms with Gasteiger partial charge in [-0.2, -0.15) is 0 Å². The van der Waals surface area contributed by atoms with Crippen molar-refractivity contribution in [1.29, 1.82) is 0 Å². The molecule has 1 rings (SSSR count). The second-order valence-electron chi connectivity index (χ2n) is 4.50. The van der Waals surface area contributed by atoms with Crippen molar-refractivity contribution in [2.24, 2.45) is 0 Å². The summed E-state index contributed by atoms with van der Waals surface area (Å²) < 4.78 is 5.49. The highest BCUT2D eigenvalue weighted by Gasteiger charge is 2.15. The maximum atomic E-state index is 5.49. The molecular formula is C12H21NO. The highest BCUT2D eigenvalue weighted by Crippen LogP contribution is 2.13. The lowest BCUT2D eigenvalue weighted by Crippen LogP contribution is -2.38. The van der Waals surface area contributed by atoms with E-state index in [0.717, 1.165) is 18.1 Å². The van der Waals surface area contributed by atoms with Gasteiger partial charge in [-0.05, 0) is 39.3 Å². The van der Waals surface area contributed by atoms with Crippen LogP contribution in [0.1, 0.15) is 45.1 Å². The van der Waals surface area contributed by atoms with Crippen molar-refractivity contribution in [3.05, 3.63) is 23.7 Å². The second kappa shape index (κ2) is 4.65. The molecule has 1 heterocycles. The molecule has 0 aliphatic rings. The summed E-state index contributed by atoms with van der Waals surface area (Å²) in [4.78, 5) is 0. The molecule has 2 heteroatoms. The molecule has 0 amide bonds. The fourth-order valence-electron chi connectivity index (χ4n) is 1.62. The third-order valence-electron chi connectivity index (χ3n) is 2.41. The van der Waals surface area contributed by atoms with Gasteiger partial charge >= 0.3 is 0 Å². The molecule has 0 saturated carbocycles. The zero-order valence-corrected chi connectivity index (χ0v) is 9.68. The Morgan fingerprint density at radius 3 is 2.57 bits per heavy atom. The number of furan rings is 1. The lowest BCUT2D eigenvalue weighted by Gasteiger charge is -2.25. The minimum Gasteiger partial charge on any atom is -0.465 e. The van der Waals surface area contributed by atoms with Crippen LogP contribution in [-0.4, -0.2) is 5.54 Å². The van der Waals surface area contributed by atoms with E-state index in [0.29, 0.717) is 0 Å². The normalized spacial score (nSPS) is 12.0. The van der Waals surface area contributed by atoms with Gasteiger partial charge in [-0.3, -0.25) is 0 Å². The highest BCUT2D eigenvalue weighted by molar-refractivity contribution is 5.05. The van der Waals surface area contributed by atoms with Crippen molar-refractivity contribution in [3.63, 3.8) is 0 Å². The first-order valence-electron chi connectivity index (χ1n) is 5.34. The molecule has 1 aromatic rings. The first-order chi connectivity index (χ1) is 6.53. The molecule has 80 valence electrons. The number of aryl methyl sites for hydroxylation is 1. The summed E-state index contributed by atoms with van der Waals surface area (Å²) in [7, 11) is 0. The number of hydrogen-bond acceptors (Lipinski definition) is 2. The maximum absolute atomic E-state index is 5.49. The molecule has 0 atom stereocenters. The SMILES string of the molecule is CCCC(C)(C)NCc1ccc(C)o1. The van der Waals surface area contributed by atoms with Gasteiger partial charge in [-0.15, -0.1) is 0 Å². The topological polar surface area (TPSA) is 25.2 Å². The molecule has 0 radical (unpaired) electrons. The first kappa shape index (κ1) is 11.3. The van der Waals surface area contributed by atoms with E-state index in [1.807, 2.05) is 19.1 Å². The van der Waals surface area contributed by atoms with Gasteiger partial charge in [0, 0.05) is 5.54 Å². The molecule has 2 nitrogen and oxygen atoms in total. The van der Waals surface area contributed by atoms with Crippen molar-refractivity contribution in [2.75, 3.05) is 0 Å². The summed E-state index contributed by atoms with van der Waals surface area (Å²) in [6.07, 6.45) is 2.39. The van der Waals surface area contributed by atoms with E-state index in [4.69, 9.17) is 4.42 Å². The van der Waals surface area contributed by atoms with Crippen LogP contribution in [0.2, 0.25) is 0 Å². The molecule has 0 saturated heterocycles. The molecule has 14 heavy (non-hydrogen) atoms. The maximum Gasteiger partial charge on any atom is 0.117 e. The van der Waals surface area contributed by atoms with Crippen LogP contribution in [0.3, 0.4) is 0 Å². The summed E-state index contributed by atoms with van der Waals surface area (Å²) in [5.41, 5.74) is 0.204. The zero-order chi connectivity index (χ0) is 10.6.